The van der Waals surface area contributed by atoms with Crippen LogP contribution in [0.25, 0.3) is 27.5 Å². The molecule has 0 radical (unpaired) electrons. The summed E-state index contributed by atoms with van der Waals surface area (Å²) in [5.41, 5.74) is 10.0. The third-order valence-electron chi connectivity index (χ3n) is 9.60. The summed E-state index contributed by atoms with van der Waals surface area (Å²) in [6.07, 6.45) is 14.7. The molecule has 2 aromatic carbocycles. The van der Waals surface area contributed by atoms with E-state index in [2.05, 4.69) is 59.6 Å². The Morgan fingerprint density at radius 1 is 0.949 bits per heavy atom. The zero-order valence-corrected chi connectivity index (χ0v) is 23.3. The molecule has 0 N–H and O–H groups in total. The summed E-state index contributed by atoms with van der Waals surface area (Å²) in [4.78, 5) is 12.2. The van der Waals surface area contributed by atoms with E-state index in [1.54, 1.807) is 11.1 Å². The van der Waals surface area contributed by atoms with Gasteiger partial charge in [0.25, 0.3) is 0 Å². The van der Waals surface area contributed by atoms with Crippen LogP contribution in [-0.2, 0) is 11.2 Å². The highest BCUT2D eigenvalue weighted by molar-refractivity contribution is 8.14. The van der Waals surface area contributed by atoms with Gasteiger partial charge in [0.2, 0.25) is 0 Å². The van der Waals surface area contributed by atoms with Gasteiger partial charge in [0.15, 0.2) is 0 Å². The number of nitrogens with zero attached hydrogens (tertiary/aromatic N) is 3. The number of hydrogen-bond acceptors (Lipinski definition) is 5. The summed E-state index contributed by atoms with van der Waals surface area (Å²) < 4.78 is 5.53. The second-order valence-electron chi connectivity index (χ2n) is 11.6. The van der Waals surface area contributed by atoms with Crippen LogP contribution in [0.3, 0.4) is 0 Å². The van der Waals surface area contributed by atoms with E-state index in [0.29, 0.717) is 0 Å². The maximum atomic E-state index is 5.53. The Kier molecular flexibility index (Phi) is 6.10. The zero-order chi connectivity index (χ0) is 25.8. The van der Waals surface area contributed by atoms with Crippen molar-refractivity contribution in [2.45, 2.75) is 38.5 Å². The molecule has 8 rings (SSSR count). The first-order valence-corrected chi connectivity index (χ1v) is 15.8. The van der Waals surface area contributed by atoms with Crippen LogP contribution < -0.4 is 4.90 Å². The van der Waals surface area contributed by atoms with Crippen molar-refractivity contribution in [1.29, 1.82) is 0 Å². The minimum Gasteiger partial charge on any atom is -0.378 e. The van der Waals surface area contributed by atoms with Gasteiger partial charge < -0.3 is 9.64 Å². The van der Waals surface area contributed by atoms with Gasteiger partial charge in [0, 0.05) is 42.7 Å². The van der Waals surface area contributed by atoms with Crippen molar-refractivity contribution in [1.82, 2.24) is 4.98 Å². The molecule has 0 spiro atoms. The van der Waals surface area contributed by atoms with Gasteiger partial charge in [0.1, 0.15) is 5.82 Å². The van der Waals surface area contributed by atoms with Crippen LogP contribution in [0.4, 0.5) is 5.82 Å². The fraction of sp³-hybridized carbons (Fsp3) is 0.412. The number of allylic oxidation sites excluding steroid dienone is 4. The SMILES string of the molecule is C1=CC2=C(CC1)C(C1CCC1)Cc1c2ccc2c(C3=NCCS3)c(-c3ccc(N4CCOCC4)nc3)ccc12. The number of pyridine rings is 1. The van der Waals surface area contributed by atoms with Gasteiger partial charge in [-0.1, -0.05) is 48.4 Å². The Bertz CT molecular complexity index is 1530. The first-order valence-electron chi connectivity index (χ1n) is 14.8. The molecular formula is C34H35N3OS. The number of benzene rings is 2. The zero-order valence-electron chi connectivity index (χ0n) is 22.5. The van der Waals surface area contributed by atoms with Gasteiger partial charge >= 0.3 is 0 Å². The molecule has 198 valence electrons. The van der Waals surface area contributed by atoms with Crippen LogP contribution >= 0.6 is 11.8 Å². The molecule has 3 aromatic rings. The van der Waals surface area contributed by atoms with E-state index >= 15 is 0 Å². The van der Waals surface area contributed by atoms with Crippen LogP contribution in [0.15, 0.2) is 65.3 Å². The van der Waals surface area contributed by atoms with Crippen molar-refractivity contribution in [3.05, 3.63) is 77.0 Å². The molecule has 4 nitrogen and oxygen atoms in total. The lowest BCUT2D eigenvalue weighted by Gasteiger charge is -2.41. The monoisotopic (exact) mass is 533 g/mol. The molecule has 5 heteroatoms. The van der Waals surface area contributed by atoms with Crippen LogP contribution in [-0.4, -0.2) is 48.6 Å². The van der Waals surface area contributed by atoms with E-state index in [0.717, 1.165) is 56.3 Å². The lowest BCUT2D eigenvalue weighted by molar-refractivity contribution is 0.122. The second-order valence-corrected chi connectivity index (χ2v) is 12.7. The normalized spacial score (nSPS) is 23.0. The van der Waals surface area contributed by atoms with Gasteiger partial charge in [-0.25, -0.2) is 4.98 Å². The quantitative estimate of drug-likeness (QED) is 0.352. The highest BCUT2D eigenvalue weighted by Gasteiger charge is 2.36. The third-order valence-corrected chi connectivity index (χ3v) is 10.6. The number of rotatable bonds is 4. The van der Waals surface area contributed by atoms with E-state index in [1.165, 1.54) is 82.2 Å². The smallest absolute Gasteiger partial charge is 0.128 e. The molecule has 1 saturated heterocycles. The number of anilines is 1. The minimum atomic E-state index is 0.718. The fourth-order valence-electron chi connectivity index (χ4n) is 7.39. The molecule has 5 aliphatic rings. The summed E-state index contributed by atoms with van der Waals surface area (Å²) in [5, 5.41) is 3.97. The molecule has 1 aromatic heterocycles. The first-order chi connectivity index (χ1) is 19.3. The predicted octanol–water partition coefficient (Wildman–Crippen LogP) is 7.31. The number of thioether (sulfide) groups is 1. The Morgan fingerprint density at radius 2 is 1.82 bits per heavy atom. The third kappa shape index (κ3) is 4.08. The van der Waals surface area contributed by atoms with Crippen molar-refractivity contribution in [2.75, 3.05) is 43.5 Å². The van der Waals surface area contributed by atoms with Crippen LogP contribution in [0.5, 0.6) is 0 Å². The summed E-state index contributed by atoms with van der Waals surface area (Å²) in [5.74, 6) is 3.69. The Hall–Kier alpha value is -2.89. The van der Waals surface area contributed by atoms with Crippen LogP contribution in [0.2, 0.25) is 0 Å². The number of aliphatic imine (C=N–C) groups is 1. The van der Waals surface area contributed by atoms with E-state index in [1.807, 2.05) is 11.8 Å². The van der Waals surface area contributed by atoms with Crippen molar-refractivity contribution in [3.63, 3.8) is 0 Å². The maximum Gasteiger partial charge on any atom is 0.128 e. The first kappa shape index (κ1) is 24.0. The second kappa shape index (κ2) is 9.94. The number of ether oxygens (including phenoxy) is 1. The summed E-state index contributed by atoms with van der Waals surface area (Å²) in [6.45, 7) is 4.26. The Balaban J connectivity index is 1.26. The summed E-state index contributed by atoms with van der Waals surface area (Å²) in [6, 6.07) is 14.0. The summed E-state index contributed by atoms with van der Waals surface area (Å²) in [7, 11) is 0. The van der Waals surface area contributed by atoms with Crippen molar-refractivity contribution < 1.29 is 4.74 Å². The van der Waals surface area contributed by atoms with Gasteiger partial charge in [0.05, 0.1) is 18.3 Å². The molecule has 1 unspecified atom stereocenters. The van der Waals surface area contributed by atoms with Crippen molar-refractivity contribution in [2.24, 2.45) is 16.8 Å². The lowest BCUT2D eigenvalue weighted by Crippen LogP contribution is -2.36. The average Bonchev–Trinajstić information content (AvgIpc) is 3.51. The maximum absolute atomic E-state index is 5.53. The van der Waals surface area contributed by atoms with Crippen LogP contribution in [0, 0.1) is 11.8 Å². The average molecular weight is 534 g/mol. The number of morpholine rings is 1. The molecule has 3 heterocycles. The molecule has 2 fully saturated rings. The van der Waals surface area contributed by atoms with Gasteiger partial charge in [-0.05, 0) is 89.1 Å². The van der Waals surface area contributed by atoms with Crippen molar-refractivity contribution in [3.8, 4) is 11.1 Å². The van der Waals surface area contributed by atoms with E-state index < -0.39 is 0 Å². The highest BCUT2D eigenvalue weighted by Crippen LogP contribution is 2.50. The Labute approximate surface area is 235 Å². The van der Waals surface area contributed by atoms with E-state index in [-0.39, 0.29) is 0 Å². The van der Waals surface area contributed by atoms with Gasteiger partial charge in [-0.2, -0.15) is 0 Å². The van der Waals surface area contributed by atoms with Crippen molar-refractivity contribution >= 4 is 39.0 Å². The van der Waals surface area contributed by atoms with Gasteiger partial charge in [-0.15, -0.1) is 11.8 Å². The predicted molar refractivity (Wildman–Crippen MR) is 164 cm³/mol. The number of hydrogen-bond donors (Lipinski definition) is 0. The summed E-state index contributed by atoms with van der Waals surface area (Å²) >= 11 is 1.91. The molecular weight excluding hydrogens is 498 g/mol. The van der Waals surface area contributed by atoms with E-state index in [4.69, 9.17) is 14.7 Å². The molecule has 39 heavy (non-hydrogen) atoms. The standard InChI is InChI=1S/C34H35N3OS/c1-2-7-26-25(6-1)27-11-12-29-28(31(27)20-30(26)22-4-3-5-22)10-9-24(33(29)34-35-14-19-39-34)23-8-13-32(36-21-23)37-15-17-38-18-16-37/h1,6,8-13,21-22,30H,2-5,7,14-20H2. The number of aromatic nitrogens is 1. The molecule has 0 bridgehead atoms. The lowest BCUT2D eigenvalue weighted by atomic mass is 9.64. The molecule has 3 aliphatic carbocycles. The van der Waals surface area contributed by atoms with Crippen LogP contribution in [0.1, 0.15) is 48.8 Å². The molecule has 2 aliphatic heterocycles. The number of fused-ring (bicyclic) bond motifs is 4. The van der Waals surface area contributed by atoms with E-state index in [9.17, 15) is 0 Å². The molecule has 1 atom stereocenters. The highest BCUT2D eigenvalue weighted by atomic mass is 32.2. The topological polar surface area (TPSA) is 37.7 Å². The molecule has 1 saturated carbocycles. The fourth-order valence-corrected chi connectivity index (χ4v) is 8.31. The largest absolute Gasteiger partial charge is 0.378 e. The Morgan fingerprint density at radius 3 is 2.59 bits per heavy atom. The minimum absolute atomic E-state index is 0.718. The molecule has 0 amide bonds. The van der Waals surface area contributed by atoms with Gasteiger partial charge in [-0.3, -0.25) is 4.99 Å².